The van der Waals surface area contributed by atoms with Gasteiger partial charge in [-0.05, 0) is 50.9 Å². The van der Waals surface area contributed by atoms with E-state index in [1.165, 1.54) is 6.07 Å². The van der Waals surface area contributed by atoms with E-state index in [-0.39, 0.29) is 17.5 Å². The number of carbonyl (C=O) groups is 1. The van der Waals surface area contributed by atoms with Gasteiger partial charge in [0.25, 0.3) is 5.91 Å². The highest BCUT2D eigenvalue weighted by Crippen LogP contribution is 2.26. The lowest BCUT2D eigenvalue weighted by Crippen LogP contribution is -2.44. The van der Waals surface area contributed by atoms with E-state index in [1.54, 1.807) is 0 Å². The van der Waals surface area contributed by atoms with Crippen LogP contribution in [0.4, 0.5) is 5.69 Å². The van der Waals surface area contributed by atoms with Crippen molar-refractivity contribution in [2.45, 2.75) is 25.8 Å². The van der Waals surface area contributed by atoms with Gasteiger partial charge in [0.2, 0.25) is 0 Å². The molecule has 1 aromatic carbocycles. The van der Waals surface area contributed by atoms with E-state index < -0.39 is 16.4 Å². The van der Waals surface area contributed by atoms with Gasteiger partial charge in [-0.3, -0.25) is 14.9 Å². The number of hydrogen-bond acceptors (Lipinski definition) is 5. The number of amides is 1. The van der Waals surface area contributed by atoms with Crippen LogP contribution in [0.5, 0.6) is 5.75 Å². The first-order valence-electron chi connectivity index (χ1n) is 6.98. The van der Waals surface area contributed by atoms with Crippen LogP contribution in [0.3, 0.4) is 0 Å². The first-order chi connectivity index (χ1) is 9.99. The predicted molar refractivity (Wildman–Crippen MR) is 77.3 cm³/mol. The van der Waals surface area contributed by atoms with Crippen LogP contribution in [0.25, 0.3) is 0 Å². The molecule has 0 bridgehead atoms. The van der Waals surface area contributed by atoms with Gasteiger partial charge in [-0.15, -0.1) is 0 Å². The van der Waals surface area contributed by atoms with Gasteiger partial charge in [0, 0.05) is 17.7 Å². The number of phenols is 1. The molecule has 1 saturated heterocycles. The van der Waals surface area contributed by atoms with Gasteiger partial charge in [0.15, 0.2) is 5.75 Å². The summed E-state index contributed by atoms with van der Waals surface area (Å²) in [4.78, 5) is 22.1. The molecule has 114 valence electrons. The second-order valence-electron chi connectivity index (χ2n) is 5.33. The normalized spacial score (nSPS) is 19.8. The van der Waals surface area contributed by atoms with Crippen LogP contribution < -0.4 is 10.6 Å². The van der Waals surface area contributed by atoms with Gasteiger partial charge in [0.1, 0.15) is 0 Å². The minimum absolute atomic E-state index is 0.00244. The van der Waals surface area contributed by atoms with E-state index in [4.69, 9.17) is 0 Å². The van der Waals surface area contributed by atoms with Gasteiger partial charge in [-0.2, -0.15) is 0 Å². The minimum atomic E-state index is -0.687. The first-order valence-corrected chi connectivity index (χ1v) is 6.98. The fourth-order valence-corrected chi connectivity index (χ4v) is 2.53. The Labute approximate surface area is 122 Å². The van der Waals surface area contributed by atoms with Gasteiger partial charge in [-0.25, -0.2) is 0 Å². The van der Waals surface area contributed by atoms with E-state index in [0.29, 0.717) is 5.92 Å². The Kier molecular flexibility index (Phi) is 4.74. The topological polar surface area (TPSA) is 104 Å². The molecule has 21 heavy (non-hydrogen) atoms. The maximum Gasteiger partial charge on any atom is 0.310 e. The van der Waals surface area contributed by atoms with Crippen molar-refractivity contribution in [2.75, 3.05) is 13.1 Å². The second kappa shape index (κ2) is 6.53. The molecule has 1 aliphatic rings. The third kappa shape index (κ3) is 3.69. The minimum Gasteiger partial charge on any atom is -0.502 e. The zero-order valence-electron chi connectivity index (χ0n) is 11.8. The van der Waals surface area contributed by atoms with Crippen LogP contribution in [0.2, 0.25) is 0 Å². The summed E-state index contributed by atoms with van der Waals surface area (Å²) in [5.41, 5.74) is -0.190. The number of phenolic OH excluding ortho intramolecular Hbond substituents is 1. The second-order valence-corrected chi connectivity index (χ2v) is 5.33. The highest BCUT2D eigenvalue weighted by Gasteiger charge is 2.22. The van der Waals surface area contributed by atoms with Gasteiger partial charge < -0.3 is 15.7 Å². The van der Waals surface area contributed by atoms with Crippen molar-refractivity contribution < 1.29 is 14.8 Å². The zero-order chi connectivity index (χ0) is 15.4. The molecule has 0 radical (unpaired) electrons. The van der Waals surface area contributed by atoms with E-state index in [9.17, 15) is 20.0 Å². The molecular weight excluding hydrogens is 274 g/mol. The number of hydrogen-bond donors (Lipinski definition) is 3. The highest BCUT2D eigenvalue weighted by molar-refractivity contribution is 5.95. The average Bonchev–Trinajstić information content (AvgIpc) is 2.47. The van der Waals surface area contributed by atoms with E-state index in [0.717, 1.165) is 38.1 Å². The van der Waals surface area contributed by atoms with Gasteiger partial charge in [-0.1, -0.05) is 0 Å². The number of nitrogens with one attached hydrogen (secondary N) is 2. The van der Waals surface area contributed by atoms with E-state index in [1.807, 2.05) is 6.92 Å². The molecule has 2 atom stereocenters. The molecule has 3 N–H and O–H groups in total. The van der Waals surface area contributed by atoms with Gasteiger partial charge in [0.05, 0.1) is 4.92 Å². The lowest BCUT2D eigenvalue weighted by molar-refractivity contribution is -0.385. The van der Waals surface area contributed by atoms with Crippen LogP contribution in [-0.2, 0) is 0 Å². The summed E-state index contributed by atoms with van der Waals surface area (Å²) in [5.74, 6) is -0.466. The monoisotopic (exact) mass is 293 g/mol. The van der Waals surface area contributed by atoms with Gasteiger partial charge >= 0.3 is 5.69 Å². The fourth-order valence-electron chi connectivity index (χ4n) is 2.53. The van der Waals surface area contributed by atoms with Crippen LogP contribution in [0.1, 0.15) is 30.1 Å². The quantitative estimate of drug-likeness (QED) is 0.575. The van der Waals surface area contributed by atoms with Crippen molar-refractivity contribution in [1.29, 1.82) is 0 Å². The largest absolute Gasteiger partial charge is 0.502 e. The molecule has 0 spiro atoms. The van der Waals surface area contributed by atoms with Crippen molar-refractivity contribution >= 4 is 11.6 Å². The smallest absolute Gasteiger partial charge is 0.310 e. The average molecular weight is 293 g/mol. The summed E-state index contributed by atoms with van der Waals surface area (Å²) < 4.78 is 0. The Morgan fingerprint density at radius 2 is 2.33 bits per heavy atom. The van der Waals surface area contributed by atoms with Crippen molar-refractivity contribution in [2.24, 2.45) is 5.92 Å². The SMILES string of the molecule is CC(NC(=O)c1ccc([N+](=O)[O-])c(O)c1)C1CCCNC1. The first kappa shape index (κ1) is 15.2. The predicted octanol–water partition coefficient (Wildman–Crippen LogP) is 1.42. The third-order valence-electron chi connectivity index (χ3n) is 3.84. The number of piperidine rings is 1. The summed E-state index contributed by atoms with van der Waals surface area (Å²) in [7, 11) is 0. The maximum absolute atomic E-state index is 12.1. The highest BCUT2D eigenvalue weighted by atomic mass is 16.6. The Morgan fingerprint density at radius 3 is 2.90 bits per heavy atom. The van der Waals surface area contributed by atoms with Crippen molar-refractivity contribution in [3.05, 3.63) is 33.9 Å². The summed E-state index contributed by atoms with van der Waals surface area (Å²) >= 11 is 0. The summed E-state index contributed by atoms with van der Waals surface area (Å²) in [5, 5.41) is 26.4. The standard InChI is InChI=1S/C14H19N3O4/c1-9(11-3-2-6-15-8-11)16-14(19)10-4-5-12(17(20)21)13(18)7-10/h4-5,7,9,11,15,18H,2-3,6,8H2,1H3,(H,16,19). The molecule has 1 amide bonds. The van der Waals surface area contributed by atoms with Crippen molar-refractivity contribution in [3.8, 4) is 5.75 Å². The molecule has 1 fully saturated rings. The molecule has 2 rings (SSSR count). The van der Waals surface area contributed by atoms with Crippen LogP contribution in [0, 0.1) is 16.0 Å². The van der Waals surface area contributed by atoms with Crippen LogP contribution in [-0.4, -0.2) is 35.1 Å². The Bertz CT molecular complexity index is 541. The molecule has 1 heterocycles. The molecule has 7 heteroatoms. The fraction of sp³-hybridized carbons (Fsp3) is 0.500. The number of nitrogens with zero attached hydrogens (tertiary/aromatic N) is 1. The molecule has 1 aliphatic heterocycles. The molecular formula is C14H19N3O4. The zero-order valence-corrected chi connectivity index (χ0v) is 11.8. The van der Waals surface area contributed by atoms with E-state index in [2.05, 4.69) is 10.6 Å². The lowest BCUT2D eigenvalue weighted by Gasteiger charge is -2.28. The Morgan fingerprint density at radius 1 is 1.57 bits per heavy atom. The molecule has 1 aromatic rings. The molecule has 0 aliphatic carbocycles. The number of nitro benzene ring substituents is 1. The Balaban J connectivity index is 2.02. The van der Waals surface area contributed by atoms with Crippen LogP contribution in [0.15, 0.2) is 18.2 Å². The molecule has 7 nitrogen and oxygen atoms in total. The lowest BCUT2D eigenvalue weighted by atomic mass is 9.92. The molecule has 2 unspecified atom stereocenters. The van der Waals surface area contributed by atoms with E-state index >= 15 is 0 Å². The summed E-state index contributed by atoms with van der Waals surface area (Å²) in [6.07, 6.45) is 2.14. The number of carbonyl (C=O) groups excluding carboxylic acids is 1. The van der Waals surface area contributed by atoms with Crippen LogP contribution >= 0.6 is 0 Å². The maximum atomic E-state index is 12.1. The number of benzene rings is 1. The summed E-state index contributed by atoms with van der Waals surface area (Å²) in [6, 6.07) is 3.61. The molecule has 0 aromatic heterocycles. The third-order valence-corrected chi connectivity index (χ3v) is 3.84. The van der Waals surface area contributed by atoms with Crippen molar-refractivity contribution in [1.82, 2.24) is 10.6 Å². The number of nitro groups is 1. The number of rotatable bonds is 4. The molecule has 0 saturated carbocycles. The Hall–Kier alpha value is -2.15. The van der Waals surface area contributed by atoms with Crippen molar-refractivity contribution in [3.63, 3.8) is 0 Å². The number of aromatic hydroxyl groups is 1. The summed E-state index contributed by atoms with van der Waals surface area (Å²) in [6.45, 7) is 3.82.